The molecule has 0 aromatic carbocycles. The summed E-state index contributed by atoms with van der Waals surface area (Å²) in [6, 6.07) is 0.612. The monoisotopic (exact) mass is 221 g/mol. The molecule has 0 amide bonds. The summed E-state index contributed by atoms with van der Waals surface area (Å²) < 4.78 is 0. The van der Waals surface area contributed by atoms with Crippen molar-refractivity contribution in [2.75, 3.05) is 11.4 Å². The van der Waals surface area contributed by atoms with Crippen LogP contribution in [0.5, 0.6) is 0 Å². The summed E-state index contributed by atoms with van der Waals surface area (Å²) in [6.07, 6.45) is 7.63. The summed E-state index contributed by atoms with van der Waals surface area (Å²) in [5, 5.41) is 0. The number of piperidine rings is 1. The molecule has 0 spiro atoms. The Morgan fingerprint density at radius 1 is 1.19 bits per heavy atom. The summed E-state index contributed by atoms with van der Waals surface area (Å²) in [6.45, 7) is 9.36. The van der Waals surface area contributed by atoms with Crippen LogP contribution in [0.2, 0.25) is 0 Å². The van der Waals surface area contributed by atoms with Crippen LogP contribution in [0.3, 0.4) is 0 Å². The van der Waals surface area contributed by atoms with Crippen LogP contribution in [0.15, 0.2) is 12.4 Å². The lowest BCUT2D eigenvalue weighted by molar-refractivity contribution is 0.480. The maximum Gasteiger partial charge on any atom is 0.147 e. The summed E-state index contributed by atoms with van der Waals surface area (Å²) in [5.41, 5.74) is 0.985. The van der Waals surface area contributed by atoms with Crippen LogP contribution in [0.25, 0.3) is 0 Å². The van der Waals surface area contributed by atoms with Gasteiger partial charge in [-0.05, 0) is 33.1 Å². The van der Waals surface area contributed by atoms with Crippen LogP contribution >= 0.6 is 0 Å². The second-order valence-corrected chi connectivity index (χ2v) is 4.05. The van der Waals surface area contributed by atoms with Gasteiger partial charge in [-0.2, -0.15) is 0 Å². The van der Waals surface area contributed by atoms with Gasteiger partial charge in [0.1, 0.15) is 5.82 Å². The average Bonchev–Trinajstić information content (AvgIpc) is 2.34. The highest BCUT2D eigenvalue weighted by atomic mass is 15.2. The summed E-state index contributed by atoms with van der Waals surface area (Å²) in [7, 11) is 0. The first-order valence-corrected chi connectivity index (χ1v) is 6.32. The maximum atomic E-state index is 4.42. The van der Waals surface area contributed by atoms with E-state index in [0.29, 0.717) is 6.04 Å². The number of aryl methyl sites for hydroxylation is 1. The normalized spacial score (nSPS) is 20.0. The van der Waals surface area contributed by atoms with Crippen molar-refractivity contribution in [1.29, 1.82) is 0 Å². The minimum Gasteiger partial charge on any atom is -0.353 e. The third-order valence-corrected chi connectivity index (χ3v) is 2.86. The minimum absolute atomic E-state index is 0.612. The van der Waals surface area contributed by atoms with Crippen molar-refractivity contribution in [2.45, 2.75) is 53.0 Å². The summed E-state index contributed by atoms with van der Waals surface area (Å²) in [5.74, 6) is 1.03. The molecule has 1 atom stereocenters. The lowest BCUT2D eigenvalue weighted by Crippen LogP contribution is -2.38. The third-order valence-electron chi connectivity index (χ3n) is 2.86. The molecular formula is C13H23N3. The molecule has 1 fully saturated rings. The smallest absolute Gasteiger partial charge is 0.147 e. The molecule has 0 radical (unpaired) electrons. The topological polar surface area (TPSA) is 29.0 Å². The zero-order valence-corrected chi connectivity index (χ0v) is 10.9. The lowest BCUT2D eigenvalue weighted by Gasteiger charge is -2.34. The Hall–Kier alpha value is -1.12. The Balaban J connectivity index is 0.000000606. The number of hydrogen-bond acceptors (Lipinski definition) is 3. The van der Waals surface area contributed by atoms with Gasteiger partial charge in [0.2, 0.25) is 0 Å². The number of hydrogen-bond donors (Lipinski definition) is 0. The van der Waals surface area contributed by atoms with E-state index in [1.165, 1.54) is 19.3 Å². The van der Waals surface area contributed by atoms with E-state index in [9.17, 15) is 0 Å². The molecule has 3 nitrogen and oxygen atoms in total. The Labute approximate surface area is 98.9 Å². The fourth-order valence-corrected chi connectivity index (χ4v) is 1.97. The van der Waals surface area contributed by atoms with E-state index < -0.39 is 0 Å². The van der Waals surface area contributed by atoms with E-state index in [4.69, 9.17) is 0 Å². The van der Waals surface area contributed by atoms with Crippen molar-refractivity contribution >= 4 is 5.82 Å². The van der Waals surface area contributed by atoms with Gasteiger partial charge in [0, 0.05) is 12.6 Å². The molecule has 3 heteroatoms. The van der Waals surface area contributed by atoms with E-state index >= 15 is 0 Å². The van der Waals surface area contributed by atoms with E-state index in [0.717, 1.165) is 18.1 Å². The molecule has 0 saturated carbocycles. The highest BCUT2D eigenvalue weighted by molar-refractivity contribution is 5.37. The average molecular weight is 221 g/mol. The third kappa shape index (κ3) is 3.19. The van der Waals surface area contributed by atoms with Gasteiger partial charge in [-0.15, -0.1) is 0 Å². The second kappa shape index (κ2) is 6.46. The van der Waals surface area contributed by atoms with Crippen molar-refractivity contribution in [1.82, 2.24) is 9.97 Å². The number of rotatable bonds is 1. The van der Waals surface area contributed by atoms with Crippen molar-refractivity contribution in [3.63, 3.8) is 0 Å². The Kier molecular flexibility index (Phi) is 5.23. The SMILES string of the molecule is CC.Cc1cnc(N2CCCCC2C)cn1. The molecular weight excluding hydrogens is 198 g/mol. The Morgan fingerprint density at radius 2 is 1.94 bits per heavy atom. The highest BCUT2D eigenvalue weighted by Crippen LogP contribution is 2.21. The predicted octanol–water partition coefficient (Wildman–Crippen LogP) is 3.19. The van der Waals surface area contributed by atoms with Gasteiger partial charge in [-0.25, -0.2) is 4.98 Å². The standard InChI is InChI=1S/C11H17N3.C2H6/c1-9-7-13-11(8-12-9)14-6-4-3-5-10(14)2;1-2/h7-8,10H,3-6H2,1-2H3;1-2H3. The molecule has 1 aliphatic heterocycles. The molecule has 1 saturated heterocycles. The second-order valence-electron chi connectivity index (χ2n) is 4.05. The van der Waals surface area contributed by atoms with Crippen LogP contribution in [-0.4, -0.2) is 22.6 Å². The van der Waals surface area contributed by atoms with Crippen LogP contribution in [0, 0.1) is 6.92 Å². The largest absolute Gasteiger partial charge is 0.353 e. The first-order chi connectivity index (χ1) is 7.77. The van der Waals surface area contributed by atoms with Gasteiger partial charge >= 0.3 is 0 Å². The van der Waals surface area contributed by atoms with Crippen LogP contribution < -0.4 is 4.90 Å². The van der Waals surface area contributed by atoms with Crippen molar-refractivity contribution < 1.29 is 0 Å². The maximum absolute atomic E-state index is 4.42. The summed E-state index contributed by atoms with van der Waals surface area (Å²) >= 11 is 0. The summed E-state index contributed by atoms with van der Waals surface area (Å²) in [4.78, 5) is 11.1. The lowest BCUT2D eigenvalue weighted by atomic mass is 10.0. The molecule has 1 aromatic rings. The number of anilines is 1. The zero-order chi connectivity index (χ0) is 12.0. The molecule has 2 heterocycles. The van der Waals surface area contributed by atoms with Gasteiger partial charge in [-0.3, -0.25) is 4.98 Å². The van der Waals surface area contributed by atoms with E-state index in [-0.39, 0.29) is 0 Å². The minimum atomic E-state index is 0.612. The molecule has 2 rings (SSSR count). The molecule has 1 aliphatic rings. The quantitative estimate of drug-likeness (QED) is 0.729. The van der Waals surface area contributed by atoms with Gasteiger partial charge in [0.25, 0.3) is 0 Å². The highest BCUT2D eigenvalue weighted by Gasteiger charge is 2.19. The zero-order valence-electron chi connectivity index (χ0n) is 10.9. The number of nitrogens with zero attached hydrogens (tertiary/aromatic N) is 3. The van der Waals surface area contributed by atoms with Crippen LogP contribution in [0.1, 0.15) is 45.7 Å². The first kappa shape index (κ1) is 12.9. The fourth-order valence-electron chi connectivity index (χ4n) is 1.97. The Bertz CT molecular complexity index is 295. The van der Waals surface area contributed by atoms with Gasteiger partial charge in [0.05, 0.1) is 18.1 Å². The van der Waals surface area contributed by atoms with E-state index in [1.54, 1.807) is 0 Å². The molecule has 0 aliphatic carbocycles. The molecule has 0 bridgehead atoms. The van der Waals surface area contributed by atoms with Crippen molar-refractivity contribution in [3.05, 3.63) is 18.1 Å². The van der Waals surface area contributed by atoms with Gasteiger partial charge in [-0.1, -0.05) is 13.8 Å². The van der Waals surface area contributed by atoms with Crippen LogP contribution in [0.4, 0.5) is 5.82 Å². The Morgan fingerprint density at radius 3 is 2.50 bits per heavy atom. The molecule has 90 valence electrons. The number of aromatic nitrogens is 2. The first-order valence-electron chi connectivity index (χ1n) is 6.32. The van der Waals surface area contributed by atoms with Gasteiger partial charge in [0.15, 0.2) is 0 Å². The molecule has 16 heavy (non-hydrogen) atoms. The van der Waals surface area contributed by atoms with Crippen molar-refractivity contribution in [3.8, 4) is 0 Å². The van der Waals surface area contributed by atoms with E-state index in [2.05, 4.69) is 21.8 Å². The molecule has 1 aromatic heterocycles. The van der Waals surface area contributed by atoms with E-state index in [1.807, 2.05) is 33.2 Å². The molecule has 1 unspecified atom stereocenters. The fraction of sp³-hybridized carbons (Fsp3) is 0.692. The molecule has 0 N–H and O–H groups in total. The van der Waals surface area contributed by atoms with Crippen molar-refractivity contribution in [2.24, 2.45) is 0 Å². The predicted molar refractivity (Wildman–Crippen MR) is 68.8 cm³/mol. The van der Waals surface area contributed by atoms with Gasteiger partial charge < -0.3 is 4.90 Å². The van der Waals surface area contributed by atoms with Crippen LogP contribution in [-0.2, 0) is 0 Å².